The molecule has 0 unspecified atom stereocenters. The average Bonchev–Trinajstić information content (AvgIpc) is 3.19. The monoisotopic (exact) mass is 407 g/mol. The molecule has 1 aromatic heterocycles. The van der Waals surface area contributed by atoms with Crippen LogP contribution in [0.3, 0.4) is 0 Å². The molecule has 0 saturated carbocycles. The van der Waals surface area contributed by atoms with Gasteiger partial charge in [0.05, 0.1) is 18.7 Å². The van der Waals surface area contributed by atoms with Crippen molar-refractivity contribution in [3.05, 3.63) is 45.4 Å². The molecule has 2 amide bonds. The molecule has 1 fully saturated rings. The number of rotatable bonds is 5. The summed E-state index contributed by atoms with van der Waals surface area (Å²) in [6, 6.07) is 7.25. The predicted octanol–water partition coefficient (Wildman–Crippen LogP) is 2.88. The molecule has 1 saturated heterocycles. The maximum atomic E-state index is 12.5. The Kier molecular flexibility index (Phi) is 5.76. The van der Waals surface area contributed by atoms with Crippen molar-refractivity contribution in [1.82, 2.24) is 9.88 Å². The second-order valence-electron chi connectivity index (χ2n) is 6.22. The summed E-state index contributed by atoms with van der Waals surface area (Å²) in [6.07, 6.45) is 0.146. The lowest BCUT2D eigenvalue weighted by molar-refractivity contribution is -0.128. The Balaban J connectivity index is 1.62. The lowest BCUT2D eigenvalue weighted by Gasteiger charge is -2.16. The minimum atomic E-state index is -0.490. The predicted molar refractivity (Wildman–Crippen MR) is 102 cm³/mol. The van der Waals surface area contributed by atoms with Crippen molar-refractivity contribution in [1.29, 1.82) is 0 Å². The first-order valence-corrected chi connectivity index (χ1v) is 9.45. The SMILES string of the molecule is COC(=O)c1sc(NC(=O)[C@H]2CC(=O)N(Cc3ccc(Cl)cc3)C2)nc1C. The van der Waals surface area contributed by atoms with E-state index in [1.165, 1.54) is 7.11 Å². The van der Waals surface area contributed by atoms with Crippen LogP contribution in [0.1, 0.15) is 27.3 Å². The van der Waals surface area contributed by atoms with Crippen LogP contribution in [0.15, 0.2) is 24.3 Å². The molecular formula is C18H18ClN3O4S. The average molecular weight is 408 g/mol. The largest absolute Gasteiger partial charge is 0.465 e. The second kappa shape index (κ2) is 8.06. The van der Waals surface area contributed by atoms with E-state index in [2.05, 4.69) is 15.0 Å². The van der Waals surface area contributed by atoms with Crippen LogP contribution < -0.4 is 5.32 Å². The lowest BCUT2D eigenvalue weighted by Crippen LogP contribution is -2.28. The van der Waals surface area contributed by atoms with Gasteiger partial charge in [0, 0.05) is 24.5 Å². The zero-order chi connectivity index (χ0) is 19.6. The number of aryl methyl sites for hydroxylation is 1. The van der Waals surface area contributed by atoms with Crippen LogP contribution in [0.25, 0.3) is 0 Å². The van der Waals surface area contributed by atoms with Crippen molar-refractivity contribution in [2.24, 2.45) is 5.92 Å². The molecule has 2 heterocycles. The van der Waals surface area contributed by atoms with Crippen molar-refractivity contribution in [3.63, 3.8) is 0 Å². The van der Waals surface area contributed by atoms with Gasteiger partial charge in [-0.15, -0.1) is 0 Å². The number of methoxy groups -OCH3 is 1. The van der Waals surface area contributed by atoms with Crippen molar-refractivity contribution >= 4 is 45.9 Å². The minimum absolute atomic E-state index is 0.0735. The molecule has 3 rings (SSSR count). The molecule has 0 spiro atoms. The van der Waals surface area contributed by atoms with Crippen molar-refractivity contribution in [3.8, 4) is 0 Å². The van der Waals surface area contributed by atoms with Gasteiger partial charge < -0.3 is 15.0 Å². The maximum absolute atomic E-state index is 12.5. The second-order valence-corrected chi connectivity index (χ2v) is 7.65. The number of benzene rings is 1. The number of ether oxygens (including phenoxy) is 1. The van der Waals surface area contributed by atoms with E-state index in [-0.39, 0.29) is 18.2 Å². The van der Waals surface area contributed by atoms with Gasteiger partial charge in [-0.05, 0) is 24.6 Å². The Morgan fingerprint density at radius 2 is 2.07 bits per heavy atom. The van der Waals surface area contributed by atoms with E-state index in [1.807, 2.05) is 12.1 Å². The number of hydrogen-bond donors (Lipinski definition) is 1. The van der Waals surface area contributed by atoms with Crippen LogP contribution in [0.2, 0.25) is 5.02 Å². The van der Waals surface area contributed by atoms with Crippen molar-refractivity contribution < 1.29 is 19.1 Å². The van der Waals surface area contributed by atoms with Gasteiger partial charge in [-0.1, -0.05) is 35.1 Å². The first-order chi connectivity index (χ1) is 12.9. The molecule has 0 radical (unpaired) electrons. The Bertz CT molecular complexity index is 881. The Hall–Kier alpha value is -2.45. The summed E-state index contributed by atoms with van der Waals surface area (Å²) >= 11 is 6.93. The summed E-state index contributed by atoms with van der Waals surface area (Å²) in [7, 11) is 1.29. The number of anilines is 1. The zero-order valence-electron chi connectivity index (χ0n) is 14.8. The number of nitrogens with zero attached hydrogens (tertiary/aromatic N) is 2. The topological polar surface area (TPSA) is 88.6 Å². The highest BCUT2D eigenvalue weighted by Crippen LogP contribution is 2.26. The quantitative estimate of drug-likeness (QED) is 0.770. The Morgan fingerprint density at radius 1 is 1.37 bits per heavy atom. The fourth-order valence-electron chi connectivity index (χ4n) is 2.85. The summed E-state index contributed by atoms with van der Waals surface area (Å²) < 4.78 is 4.69. The van der Waals surface area contributed by atoms with Gasteiger partial charge in [0.2, 0.25) is 11.8 Å². The third-order valence-electron chi connectivity index (χ3n) is 4.27. The molecule has 1 aliphatic rings. The van der Waals surface area contributed by atoms with E-state index in [1.54, 1.807) is 24.0 Å². The molecule has 1 aliphatic heterocycles. The van der Waals surface area contributed by atoms with Gasteiger partial charge in [0.1, 0.15) is 4.88 Å². The van der Waals surface area contributed by atoms with E-state index >= 15 is 0 Å². The third kappa shape index (κ3) is 4.45. The standard InChI is InChI=1S/C18H18ClN3O4S/c1-10-15(17(25)26-2)27-18(20-10)21-16(24)12-7-14(23)22(9-12)8-11-3-5-13(19)6-4-11/h3-6,12H,7-9H2,1-2H3,(H,20,21,24)/t12-/m0/s1. The van der Waals surface area contributed by atoms with Crippen LogP contribution in [0.4, 0.5) is 5.13 Å². The maximum Gasteiger partial charge on any atom is 0.350 e. The number of halogens is 1. The van der Waals surface area contributed by atoms with E-state index < -0.39 is 11.9 Å². The van der Waals surface area contributed by atoms with Gasteiger partial charge in [-0.25, -0.2) is 9.78 Å². The van der Waals surface area contributed by atoms with E-state index in [4.69, 9.17) is 11.6 Å². The summed E-state index contributed by atoms with van der Waals surface area (Å²) in [5, 5.41) is 3.65. The van der Waals surface area contributed by atoms with Crippen LogP contribution in [-0.2, 0) is 20.9 Å². The molecule has 1 atom stereocenters. The van der Waals surface area contributed by atoms with Gasteiger partial charge in [0.25, 0.3) is 0 Å². The highest BCUT2D eigenvalue weighted by atomic mass is 35.5. The van der Waals surface area contributed by atoms with E-state index in [9.17, 15) is 14.4 Å². The molecular weight excluding hydrogens is 390 g/mol. The summed E-state index contributed by atoms with van der Waals surface area (Å²) in [5.74, 6) is -1.31. The Morgan fingerprint density at radius 3 is 2.74 bits per heavy atom. The van der Waals surface area contributed by atoms with Crippen LogP contribution in [0, 0.1) is 12.8 Å². The molecule has 1 N–H and O–H groups in total. The smallest absolute Gasteiger partial charge is 0.350 e. The lowest BCUT2D eigenvalue weighted by atomic mass is 10.1. The number of thiazole rings is 1. The number of carbonyl (C=O) groups excluding carboxylic acids is 3. The molecule has 1 aromatic carbocycles. The summed E-state index contributed by atoms with van der Waals surface area (Å²) in [6.45, 7) is 2.44. The number of amides is 2. The van der Waals surface area contributed by atoms with Crippen molar-refractivity contribution in [2.75, 3.05) is 19.0 Å². The molecule has 142 valence electrons. The Labute approximate surface area is 165 Å². The fourth-order valence-corrected chi connectivity index (χ4v) is 3.86. The van der Waals surface area contributed by atoms with Crippen LogP contribution in [0.5, 0.6) is 0 Å². The van der Waals surface area contributed by atoms with E-state index in [0.717, 1.165) is 16.9 Å². The number of aromatic nitrogens is 1. The first kappa shape index (κ1) is 19.3. The van der Waals surface area contributed by atoms with Crippen LogP contribution >= 0.6 is 22.9 Å². The number of likely N-dealkylation sites (tertiary alicyclic amines) is 1. The molecule has 9 heteroatoms. The minimum Gasteiger partial charge on any atom is -0.465 e. The highest BCUT2D eigenvalue weighted by molar-refractivity contribution is 7.17. The normalized spacial score (nSPS) is 16.5. The van der Waals surface area contributed by atoms with Crippen LogP contribution in [-0.4, -0.2) is 41.3 Å². The number of carbonyl (C=O) groups is 3. The molecule has 2 aromatic rings. The van der Waals surface area contributed by atoms with Crippen molar-refractivity contribution in [2.45, 2.75) is 19.9 Å². The summed E-state index contributed by atoms with van der Waals surface area (Å²) in [5.41, 5.74) is 1.45. The zero-order valence-corrected chi connectivity index (χ0v) is 16.4. The molecule has 0 bridgehead atoms. The highest BCUT2D eigenvalue weighted by Gasteiger charge is 2.34. The molecule has 7 nitrogen and oxygen atoms in total. The van der Waals surface area contributed by atoms with Gasteiger partial charge in [0.15, 0.2) is 5.13 Å². The number of hydrogen-bond acceptors (Lipinski definition) is 6. The van der Waals surface area contributed by atoms with Gasteiger partial charge in [-0.2, -0.15) is 0 Å². The number of esters is 1. The third-order valence-corrected chi connectivity index (χ3v) is 5.57. The summed E-state index contributed by atoms with van der Waals surface area (Å²) in [4.78, 5) is 42.6. The molecule has 27 heavy (non-hydrogen) atoms. The van der Waals surface area contributed by atoms with E-state index in [0.29, 0.717) is 33.8 Å². The number of nitrogens with one attached hydrogen (secondary N) is 1. The fraction of sp³-hybridized carbons (Fsp3) is 0.333. The first-order valence-electron chi connectivity index (χ1n) is 8.26. The van der Waals surface area contributed by atoms with Gasteiger partial charge >= 0.3 is 5.97 Å². The molecule has 0 aliphatic carbocycles. The van der Waals surface area contributed by atoms with Gasteiger partial charge in [-0.3, -0.25) is 9.59 Å².